The maximum Gasteiger partial charge on any atom is 0.174 e. The molecule has 1 fully saturated rings. The number of furan rings is 1. The lowest BCUT2D eigenvalue weighted by atomic mass is 10.0. The summed E-state index contributed by atoms with van der Waals surface area (Å²) in [5.41, 5.74) is 2.47. The highest BCUT2D eigenvalue weighted by atomic mass is 35.5. The largest absolute Gasteiger partial charge is 0.497 e. The molecule has 1 saturated heterocycles. The van der Waals surface area contributed by atoms with Crippen LogP contribution in [0.4, 0.5) is 5.69 Å². The van der Waals surface area contributed by atoms with E-state index < -0.39 is 0 Å². The highest BCUT2D eigenvalue weighted by Crippen LogP contribution is 2.44. The Kier molecular flexibility index (Phi) is 5.98. The van der Waals surface area contributed by atoms with Crippen molar-refractivity contribution < 1.29 is 9.15 Å². The van der Waals surface area contributed by atoms with Crippen molar-refractivity contribution in [1.29, 1.82) is 0 Å². The number of benzene rings is 2. The first-order valence-corrected chi connectivity index (χ1v) is 11.4. The molecule has 5 nitrogen and oxygen atoms in total. The Morgan fingerprint density at radius 3 is 2.67 bits per heavy atom. The quantitative estimate of drug-likeness (QED) is 0.306. The molecular weight excluding hydrogens is 477 g/mol. The lowest BCUT2D eigenvalue weighted by Crippen LogP contribution is -2.29. The van der Waals surface area contributed by atoms with Gasteiger partial charge in [-0.3, -0.25) is 4.98 Å². The maximum absolute atomic E-state index is 6.44. The van der Waals surface area contributed by atoms with Crippen LogP contribution in [0.2, 0.25) is 10.0 Å². The summed E-state index contributed by atoms with van der Waals surface area (Å²) < 4.78 is 11.8. The van der Waals surface area contributed by atoms with Crippen LogP contribution in [0, 0.1) is 0 Å². The van der Waals surface area contributed by atoms with Crippen LogP contribution >= 0.6 is 35.4 Å². The molecule has 0 radical (unpaired) electrons. The molecule has 5 rings (SSSR count). The van der Waals surface area contributed by atoms with E-state index in [1.165, 1.54) is 0 Å². The SMILES string of the molecule is COc1cccc(N2C(=S)N[C@@H](c3ccccn3)[C@H]2c2ccc(-c3cccc(Cl)c3Cl)o2)c1. The maximum atomic E-state index is 6.44. The number of thiocarbonyl (C=S) groups is 1. The fourth-order valence-corrected chi connectivity index (χ4v) is 4.77. The first kappa shape index (κ1) is 21.8. The molecule has 0 saturated carbocycles. The fraction of sp³-hybridized carbons (Fsp3) is 0.120. The van der Waals surface area contributed by atoms with Crippen LogP contribution in [0.15, 0.2) is 83.4 Å². The second-order valence-corrected chi connectivity index (χ2v) is 8.67. The molecule has 2 atom stereocenters. The third-order valence-corrected chi connectivity index (χ3v) is 6.70. The number of nitrogens with one attached hydrogen (secondary N) is 1. The van der Waals surface area contributed by atoms with Gasteiger partial charge in [0.25, 0.3) is 0 Å². The van der Waals surface area contributed by atoms with Crippen LogP contribution in [0.3, 0.4) is 0 Å². The molecule has 1 aliphatic rings. The number of hydrogen-bond donors (Lipinski definition) is 1. The minimum absolute atomic E-state index is 0.223. The Hall–Kier alpha value is -3.06. The van der Waals surface area contributed by atoms with Gasteiger partial charge < -0.3 is 19.4 Å². The Labute approximate surface area is 206 Å². The zero-order chi connectivity index (χ0) is 22.9. The number of nitrogens with zero attached hydrogens (tertiary/aromatic N) is 2. The van der Waals surface area contributed by atoms with E-state index >= 15 is 0 Å². The zero-order valence-corrected chi connectivity index (χ0v) is 19.9. The summed E-state index contributed by atoms with van der Waals surface area (Å²) >= 11 is 18.4. The molecule has 166 valence electrons. The molecule has 1 N–H and O–H groups in total. The number of ether oxygens (including phenoxy) is 1. The Morgan fingerprint density at radius 1 is 1.03 bits per heavy atom. The van der Waals surface area contributed by atoms with Crippen molar-refractivity contribution in [3.63, 3.8) is 0 Å². The summed E-state index contributed by atoms with van der Waals surface area (Å²) in [4.78, 5) is 6.60. The molecule has 0 aliphatic carbocycles. The zero-order valence-electron chi connectivity index (χ0n) is 17.5. The first-order valence-electron chi connectivity index (χ1n) is 10.3. The minimum Gasteiger partial charge on any atom is -0.497 e. The van der Waals surface area contributed by atoms with Gasteiger partial charge >= 0.3 is 0 Å². The van der Waals surface area contributed by atoms with Crippen LogP contribution in [-0.2, 0) is 0 Å². The summed E-state index contributed by atoms with van der Waals surface area (Å²) in [6.07, 6.45) is 1.77. The van der Waals surface area contributed by atoms with Gasteiger partial charge in [-0.15, -0.1) is 0 Å². The minimum atomic E-state index is -0.286. The van der Waals surface area contributed by atoms with Gasteiger partial charge in [0.2, 0.25) is 0 Å². The van der Waals surface area contributed by atoms with Gasteiger partial charge in [-0.1, -0.05) is 41.4 Å². The van der Waals surface area contributed by atoms with Gasteiger partial charge in [0, 0.05) is 23.5 Å². The number of aromatic nitrogens is 1. The monoisotopic (exact) mass is 495 g/mol. The lowest BCUT2D eigenvalue weighted by Gasteiger charge is -2.26. The van der Waals surface area contributed by atoms with E-state index in [1.807, 2.05) is 71.6 Å². The second kappa shape index (κ2) is 9.06. The standard InChI is InChI=1S/C25H19Cl2N3O2S/c1-31-16-7-4-6-15(14-16)30-24(23(29-25(30)33)19-10-2-3-13-28-19)21-12-11-20(32-21)17-8-5-9-18(26)22(17)27/h2-14,23-24H,1H3,(H,29,33)/t23-,24+/m0/s1. The van der Waals surface area contributed by atoms with Crippen molar-refractivity contribution in [3.8, 4) is 17.1 Å². The molecule has 2 aromatic carbocycles. The molecule has 1 aliphatic heterocycles. The number of rotatable bonds is 5. The lowest BCUT2D eigenvalue weighted by molar-refractivity contribution is 0.414. The van der Waals surface area contributed by atoms with Gasteiger partial charge in [0.05, 0.1) is 28.9 Å². The average molecular weight is 496 g/mol. The van der Waals surface area contributed by atoms with Gasteiger partial charge in [0.15, 0.2) is 5.11 Å². The van der Waals surface area contributed by atoms with Crippen molar-refractivity contribution in [2.24, 2.45) is 0 Å². The molecule has 0 amide bonds. The van der Waals surface area contributed by atoms with E-state index in [0.29, 0.717) is 26.7 Å². The Bertz CT molecular complexity index is 1310. The van der Waals surface area contributed by atoms with E-state index in [0.717, 1.165) is 22.7 Å². The number of hydrogen-bond acceptors (Lipinski definition) is 4. The molecule has 0 bridgehead atoms. The Balaban J connectivity index is 1.62. The summed E-state index contributed by atoms with van der Waals surface area (Å²) in [5, 5.41) is 4.92. The van der Waals surface area contributed by atoms with Crippen LogP contribution < -0.4 is 15.0 Å². The van der Waals surface area contributed by atoms with E-state index in [-0.39, 0.29) is 12.1 Å². The molecule has 2 aromatic heterocycles. The predicted octanol–water partition coefficient (Wildman–Crippen LogP) is 6.83. The number of methoxy groups -OCH3 is 1. The van der Waals surface area contributed by atoms with Crippen molar-refractivity contribution in [3.05, 3.63) is 100 Å². The van der Waals surface area contributed by atoms with Crippen molar-refractivity contribution in [1.82, 2.24) is 10.3 Å². The van der Waals surface area contributed by atoms with Crippen molar-refractivity contribution in [2.45, 2.75) is 12.1 Å². The predicted molar refractivity (Wildman–Crippen MR) is 135 cm³/mol. The van der Waals surface area contributed by atoms with Gasteiger partial charge in [-0.25, -0.2) is 0 Å². The fourth-order valence-electron chi connectivity index (χ4n) is 4.03. The topological polar surface area (TPSA) is 50.5 Å². The van der Waals surface area contributed by atoms with E-state index in [2.05, 4.69) is 10.3 Å². The molecule has 4 aromatic rings. The first-order chi connectivity index (χ1) is 16.1. The summed E-state index contributed by atoms with van der Waals surface area (Å²) in [6.45, 7) is 0. The van der Waals surface area contributed by atoms with Gasteiger partial charge in [0.1, 0.15) is 23.3 Å². The van der Waals surface area contributed by atoms with Crippen LogP contribution in [0.1, 0.15) is 23.5 Å². The van der Waals surface area contributed by atoms with Crippen LogP contribution in [0.25, 0.3) is 11.3 Å². The summed E-state index contributed by atoms with van der Waals surface area (Å²) in [5.74, 6) is 2.08. The molecule has 8 heteroatoms. The highest BCUT2D eigenvalue weighted by Gasteiger charge is 2.42. The van der Waals surface area contributed by atoms with Crippen molar-refractivity contribution >= 4 is 46.2 Å². The Morgan fingerprint density at radius 2 is 1.88 bits per heavy atom. The number of pyridine rings is 1. The average Bonchev–Trinajstić information content (AvgIpc) is 3.46. The van der Waals surface area contributed by atoms with E-state index in [4.69, 9.17) is 44.6 Å². The molecule has 0 unspecified atom stereocenters. The van der Waals surface area contributed by atoms with Gasteiger partial charge in [-0.05, 0) is 60.7 Å². The van der Waals surface area contributed by atoms with Gasteiger partial charge in [-0.2, -0.15) is 0 Å². The molecule has 0 spiro atoms. The van der Waals surface area contributed by atoms with Crippen LogP contribution in [0.5, 0.6) is 5.75 Å². The normalized spacial score (nSPS) is 17.8. The molecule has 3 heterocycles. The molecular formula is C25H19Cl2N3O2S. The third kappa shape index (κ3) is 4.06. The summed E-state index contributed by atoms with van der Waals surface area (Å²) in [7, 11) is 1.64. The van der Waals surface area contributed by atoms with E-state index in [9.17, 15) is 0 Å². The highest BCUT2D eigenvalue weighted by molar-refractivity contribution is 7.80. The van der Waals surface area contributed by atoms with E-state index in [1.54, 1.807) is 19.4 Å². The van der Waals surface area contributed by atoms with Crippen molar-refractivity contribution in [2.75, 3.05) is 12.0 Å². The van der Waals surface area contributed by atoms with Crippen LogP contribution in [-0.4, -0.2) is 17.2 Å². The molecule has 33 heavy (non-hydrogen) atoms. The smallest absolute Gasteiger partial charge is 0.174 e. The second-order valence-electron chi connectivity index (χ2n) is 7.50. The number of halogens is 2. The summed E-state index contributed by atoms with van der Waals surface area (Å²) in [6, 6.07) is 22.4. The number of anilines is 1. The third-order valence-electron chi connectivity index (χ3n) is 5.56.